The first-order valence-electron chi connectivity index (χ1n) is 6.46. The van der Waals surface area contributed by atoms with Gasteiger partial charge in [0.05, 0.1) is 18.8 Å². The lowest BCUT2D eigenvalue weighted by atomic mass is 9.86. The molecule has 0 N–H and O–H groups in total. The van der Waals surface area contributed by atoms with Gasteiger partial charge >= 0.3 is 0 Å². The summed E-state index contributed by atoms with van der Waals surface area (Å²) in [6, 6.07) is 10.4. The van der Waals surface area contributed by atoms with E-state index < -0.39 is 0 Å². The van der Waals surface area contributed by atoms with E-state index in [1.807, 2.05) is 6.07 Å². The summed E-state index contributed by atoms with van der Waals surface area (Å²) in [6.45, 7) is 3.00. The fraction of sp³-hybridized carbons (Fsp3) is 0.600. The Morgan fingerprint density at radius 3 is 2.47 bits per heavy atom. The highest BCUT2D eigenvalue weighted by atomic mass is 16.5. The van der Waals surface area contributed by atoms with Crippen molar-refractivity contribution in [2.24, 2.45) is 5.92 Å². The molecule has 94 valence electrons. The molecule has 0 spiro atoms. The van der Waals surface area contributed by atoms with E-state index in [4.69, 9.17) is 9.47 Å². The molecule has 17 heavy (non-hydrogen) atoms. The van der Waals surface area contributed by atoms with E-state index in [2.05, 4.69) is 31.2 Å². The average Bonchev–Trinajstić information content (AvgIpc) is 2.37. The van der Waals surface area contributed by atoms with E-state index in [1.165, 1.54) is 12.0 Å². The fourth-order valence-corrected chi connectivity index (χ4v) is 2.60. The van der Waals surface area contributed by atoms with Crippen molar-refractivity contribution in [3.8, 4) is 0 Å². The van der Waals surface area contributed by atoms with Crippen LogP contribution in [0.4, 0.5) is 0 Å². The second-order valence-corrected chi connectivity index (χ2v) is 5.09. The van der Waals surface area contributed by atoms with Crippen LogP contribution in [0.25, 0.3) is 0 Å². The third-order valence-corrected chi connectivity index (χ3v) is 3.52. The molecule has 1 aliphatic carbocycles. The molecule has 0 radical (unpaired) electrons. The SMILES string of the molecule is COC1CC(C)CC(OCc2ccccc2)C1. The van der Waals surface area contributed by atoms with Crippen LogP contribution in [0, 0.1) is 5.92 Å². The third kappa shape index (κ3) is 3.83. The van der Waals surface area contributed by atoms with Gasteiger partial charge in [-0.05, 0) is 30.7 Å². The van der Waals surface area contributed by atoms with E-state index >= 15 is 0 Å². The Hall–Kier alpha value is -0.860. The highest BCUT2D eigenvalue weighted by molar-refractivity contribution is 5.13. The van der Waals surface area contributed by atoms with Crippen molar-refractivity contribution in [1.82, 2.24) is 0 Å². The summed E-state index contributed by atoms with van der Waals surface area (Å²) in [4.78, 5) is 0. The van der Waals surface area contributed by atoms with Gasteiger partial charge in [-0.3, -0.25) is 0 Å². The molecule has 2 heteroatoms. The molecule has 1 aromatic rings. The lowest BCUT2D eigenvalue weighted by molar-refractivity contribution is -0.0510. The van der Waals surface area contributed by atoms with Crippen molar-refractivity contribution < 1.29 is 9.47 Å². The number of rotatable bonds is 4. The van der Waals surface area contributed by atoms with Crippen LogP contribution in [-0.4, -0.2) is 19.3 Å². The molecule has 2 rings (SSSR count). The smallest absolute Gasteiger partial charge is 0.0720 e. The van der Waals surface area contributed by atoms with Gasteiger partial charge in [0.2, 0.25) is 0 Å². The van der Waals surface area contributed by atoms with E-state index in [9.17, 15) is 0 Å². The highest BCUT2D eigenvalue weighted by Gasteiger charge is 2.26. The fourth-order valence-electron chi connectivity index (χ4n) is 2.60. The van der Waals surface area contributed by atoms with Gasteiger partial charge in [-0.2, -0.15) is 0 Å². The molecule has 3 unspecified atom stereocenters. The van der Waals surface area contributed by atoms with E-state index in [0.29, 0.717) is 24.7 Å². The minimum atomic E-state index is 0.351. The van der Waals surface area contributed by atoms with Crippen LogP contribution in [0.15, 0.2) is 30.3 Å². The van der Waals surface area contributed by atoms with Crippen molar-refractivity contribution in [2.45, 2.75) is 45.0 Å². The van der Waals surface area contributed by atoms with Crippen LogP contribution < -0.4 is 0 Å². The minimum absolute atomic E-state index is 0.351. The quantitative estimate of drug-likeness (QED) is 0.795. The monoisotopic (exact) mass is 234 g/mol. The molecule has 1 aliphatic rings. The Kier molecular flexibility index (Phi) is 4.57. The molecular formula is C15H22O2. The van der Waals surface area contributed by atoms with Crippen LogP contribution in [0.3, 0.4) is 0 Å². The second kappa shape index (κ2) is 6.18. The normalized spacial score (nSPS) is 29.2. The summed E-state index contributed by atoms with van der Waals surface area (Å²) in [6.07, 6.45) is 4.09. The zero-order valence-corrected chi connectivity index (χ0v) is 10.8. The molecule has 0 bridgehead atoms. The highest BCUT2D eigenvalue weighted by Crippen LogP contribution is 2.28. The molecule has 1 aromatic carbocycles. The van der Waals surface area contributed by atoms with Gasteiger partial charge in [0, 0.05) is 7.11 Å². The Morgan fingerprint density at radius 1 is 1.06 bits per heavy atom. The summed E-state index contributed by atoms with van der Waals surface area (Å²) in [5.74, 6) is 0.703. The maximum Gasteiger partial charge on any atom is 0.0720 e. The summed E-state index contributed by atoms with van der Waals surface area (Å²) in [7, 11) is 1.80. The number of ether oxygens (including phenoxy) is 2. The van der Waals surface area contributed by atoms with Crippen LogP contribution >= 0.6 is 0 Å². The standard InChI is InChI=1S/C15H22O2/c1-12-8-14(16-2)10-15(9-12)17-11-13-6-4-3-5-7-13/h3-7,12,14-15H,8-11H2,1-2H3. The van der Waals surface area contributed by atoms with Gasteiger partial charge in [-0.15, -0.1) is 0 Å². The average molecular weight is 234 g/mol. The van der Waals surface area contributed by atoms with Crippen molar-refractivity contribution in [3.63, 3.8) is 0 Å². The Morgan fingerprint density at radius 2 is 1.76 bits per heavy atom. The first-order chi connectivity index (χ1) is 8.28. The summed E-state index contributed by atoms with van der Waals surface area (Å²) >= 11 is 0. The Labute approximate surface area is 104 Å². The molecular weight excluding hydrogens is 212 g/mol. The zero-order chi connectivity index (χ0) is 12.1. The summed E-state index contributed by atoms with van der Waals surface area (Å²) in [5, 5.41) is 0. The van der Waals surface area contributed by atoms with Crippen molar-refractivity contribution in [1.29, 1.82) is 0 Å². The molecule has 3 atom stereocenters. The maximum absolute atomic E-state index is 5.99. The number of hydrogen-bond donors (Lipinski definition) is 0. The summed E-state index contributed by atoms with van der Waals surface area (Å²) in [5.41, 5.74) is 1.25. The van der Waals surface area contributed by atoms with Crippen LogP contribution in [0.5, 0.6) is 0 Å². The van der Waals surface area contributed by atoms with Crippen molar-refractivity contribution in [2.75, 3.05) is 7.11 Å². The van der Waals surface area contributed by atoms with Crippen molar-refractivity contribution >= 4 is 0 Å². The first-order valence-corrected chi connectivity index (χ1v) is 6.46. The van der Waals surface area contributed by atoms with E-state index in [0.717, 1.165) is 12.8 Å². The van der Waals surface area contributed by atoms with Gasteiger partial charge in [0.25, 0.3) is 0 Å². The molecule has 0 amide bonds. The van der Waals surface area contributed by atoms with E-state index in [-0.39, 0.29) is 0 Å². The predicted octanol–water partition coefficient (Wildman–Crippen LogP) is 3.41. The Bertz CT molecular complexity index is 323. The van der Waals surface area contributed by atoms with Crippen LogP contribution in [0.1, 0.15) is 31.7 Å². The van der Waals surface area contributed by atoms with Gasteiger partial charge < -0.3 is 9.47 Å². The van der Waals surface area contributed by atoms with Crippen LogP contribution in [0.2, 0.25) is 0 Å². The summed E-state index contributed by atoms with van der Waals surface area (Å²) < 4.78 is 11.5. The maximum atomic E-state index is 5.99. The molecule has 0 heterocycles. The first kappa shape index (κ1) is 12.6. The molecule has 1 fully saturated rings. The molecule has 0 aliphatic heterocycles. The molecule has 0 aromatic heterocycles. The van der Waals surface area contributed by atoms with Gasteiger partial charge in [-0.1, -0.05) is 37.3 Å². The van der Waals surface area contributed by atoms with Crippen molar-refractivity contribution in [3.05, 3.63) is 35.9 Å². The predicted molar refractivity (Wildman–Crippen MR) is 68.8 cm³/mol. The largest absolute Gasteiger partial charge is 0.381 e. The van der Waals surface area contributed by atoms with Crippen LogP contribution in [-0.2, 0) is 16.1 Å². The molecule has 0 saturated heterocycles. The Balaban J connectivity index is 1.82. The lowest BCUT2D eigenvalue weighted by Gasteiger charge is -2.32. The zero-order valence-electron chi connectivity index (χ0n) is 10.8. The minimum Gasteiger partial charge on any atom is -0.381 e. The van der Waals surface area contributed by atoms with E-state index in [1.54, 1.807) is 7.11 Å². The number of benzene rings is 1. The number of hydrogen-bond acceptors (Lipinski definition) is 2. The lowest BCUT2D eigenvalue weighted by Crippen LogP contribution is -2.31. The third-order valence-electron chi connectivity index (χ3n) is 3.52. The van der Waals surface area contributed by atoms with Gasteiger partial charge in [0.1, 0.15) is 0 Å². The molecule has 2 nitrogen and oxygen atoms in total. The van der Waals surface area contributed by atoms with Gasteiger partial charge in [-0.25, -0.2) is 0 Å². The topological polar surface area (TPSA) is 18.5 Å². The number of methoxy groups -OCH3 is 1. The second-order valence-electron chi connectivity index (χ2n) is 5.09. The van der Waals surface area contributed by atoms with Gasteiger partial charge in [0.15, 0.2) is 0 Å². The molecule has 1 saturated carbocycles.